The Morgan fingerprint density at radius 1 is 1.48 bits per heavy atom. The fraction of sp³-hybridized carbons (Fsp3) is 0.467. The van der Waals surface area contributed by atoms with Gasteiger partial charge in [-0.2, -0.15) is 0 Å². The first-order valence-electron chi connectivity index (χ1n) is 7.51. The number of anilines is 2. The predicted molar refractivity (Wildman–Crippen MR) is 87.3 cm³/mol. The number of carbonyl (C=O) groups is 2. The van der Waals surface area contributed by atoms with E-state index in [1.165, 1.54) is 6.07 Å². The molecule has 1 aromatic rings. The molecule has 2 amide bonds. The van der Waals surface area contributed by atoms with E-state index >= 15 is 0 Å². The van der Waals surface area contributed by atoms with Crippen LogP contribution in [0.2, 0.25) is 0 Å². The molecule has 8 heteroatoms. The summed E-state index contributed by atoms with van der Waals surface area (Å²) in [5.74, 6) is -0.401. The van der Waals surface area contributed by atoms with Crippen LogP contribution < -0.4 is 16.0 Å². The van der Waals surface area contributed by atoms with Crippen molar-refractivity contribution in [2.75, 3.05) is 29.5 Å². The third kappa shape index (κ3) is 4.14. The van der Waals surface area contributed by atoms with Crippen LogP contribution in [0.15, 0.2) is 18.2 Å². The van der Waals surface area contributed by atoms with Crippen LogP contribution in [0.5, 0.6) is 0 Å². The Bertz CT molecular complexity index is 608. The Morgan fingerprint density at radius 3 is 3.00 bits per heavy atom. The molecule has 2 saturated heterocycles. The van der Waals surface area contributed by atoms with Crippen LogP contribution in [-0.2, 0) is 9.53 Å². The number of nitrogens with one attached hydrogen (secondary N) is 3. The molecule has 0 unspecified atom stereocenters. The number of hydrogen-bond acceptors (Lipinski definition) is 5. The lowest BCUT2D eigenvalue weighted by Crippen LogP contribution is -2.38. The van der Waals surface area contributed by atoms with Gasteiger partial charge in [0.25, 0.3) is 5.24 Å². The molecule has 6 nitrogen and oxygen atoms in total. The van der Waals surface area contributed by atoms with Crippen molar-refractivity contribution in [1.82, 2.24) is 5.32 Å². The topological polar surface area (TPSA) is 79.5 Å². The number of hydrogen-bond donors (Lipinski definition) is 3. The standard InChI is InChI=1S/C15H18FN3O3S/c16-11-6-9(18-14(20)13-8-23-15(21)19-13)3-4-12(11)17-7-10-2-1-5-22-10/h3-4,6,10,13,17H,1-2,5,7-8H2,(H,18,20)(H,19,21)/t10-,13+/m1/s1. The smallest absolute Gasteiger partial charge is 0.279 e. The molecular formula is C15H18FN3O3S. The molecule has 23 heavy (non-hydrogen) atoms. The van der Waals surface area contributed by atoms with Gasteiger partial charge in [-0.3, -0.25) is 9.59 Å². The van der Waals surface area contributed by atoms with Gasteiger partial charge < -0.3 is 20.7 Å². The van der Waals surface area contributed by atoms with Gasteiger partial charge in [-0.15, -0.1) is 0 Å². The molecular weight excluding hydrogens is 321 g/mol. The summed E-state index contributed by atoms with van der Waals surface area (Å²) in [5, 5.41) is 7.96. The minimum Gasteiger partial charge on any atom is -0.380 e. The third-order valence-electron chi connectivity index (χ3n) is 3.77. The molecule has 2 aliphatic heterocycles. The second-order valence-electron chi connectivity index (χ2n) is 5.50. The molecule has 0 aromatic heterocycles. The summed E-state index contributed by atoms with van der Waals surface area (Å²) in [6, 6.07) is 3.90. The summed E-state index contributed by atoms with van der Waals surface area (Å²) in [7, 11) is 0. The first-order chi connectivity index (χ1) is 11.1. The second kappa shape index (κ2) is 7.18. The predicted octanol–water partition coefficient (Wildman–Crippen LogP) is 2.18. The molecule has 2 aliphatic rings. The van der Waals surface area contributed by atoms with Crippen LogP contribution in [0.25, 0.3) is 0 Å². The number of carbonyl (C=O) groups excluding carboxylic acids is 2. The Labute approximate surface area is 137 Å². The van der Waals surface area contributed by atoms with E-state index < -0.39 is 11.9 Å². The highest BCUT2D eigenvalue weighted by atomic mass is 32.2. The van der Waals surface area contributed by atoms with Gasteiger partial charge in [0.05, 0.1) is 11.8 Å². The maximum absolute atomic E-state index is 14.1. The second-order valence-corrected chi connectivity index (χ2v) is 6.49. The largest absolute Gasteiger partial charge is 0.380 e. The van der Waals surface area contributed by atoms with Gasteiger partial charge in [0.15, 0.2) is 0 Å². The summed E-state index contributed by atoms with van der Waals surface area (Å²) in [5.41, 5.74) is 0.740. The van der Waals surface area contributed by atoms with Crippen LogP contribution in [0.1, 0.15) is 12.8 Å². The molecule has 0 radical (unpaired) electrons. The molecule has 2 fully saturated rings. The molecule has 0 saturated carbocycles. The highest BCUT2D eigenvalue weighted by Crippen LogP contribution is 2.21. The van der Waals surface area contributed by atoms with Crippen molar-refractivity contribution in [3.63, 3.8) is 0 Å². The zero-order valence-corrected chi connectivity index (χ0v) is 13.2. The van der Waals surface area contributed by atoms with Gasteiger partial charge >= 0.3 is 0 Å². The Kier molecular flexibility index (Phi) is 5.02. The Hall–Kier alpha value is -1.80. The number of rotatable bonds is 5. The van der Waals surface area contributed by atoms with Crippen LogP contribution in [0.4, 0.5) is 20.6 Å². The highest BCUT2D eigenvalue weighted by Gasteiger charge is 2.28. The van der Waals surface area contributed by atoms with Crippen molar-refractivity contribution in [3.8, 4) is 0 Å². The summed E-state index contributed by atoms with van der Waals surface area (Å²) >= 11 is 1.06. The van der Waals surface area contributed by atoms with E-state index in [1.807, 2.05) is 0 Å². The number of benzene rings is 1. The monoisotopic (exact) mass is 339 g/mol. The van der Waals surface area contributed by atoms with E-state index in [9.17, 15) is 14.0 Å². The zero-order chi connectivity index (χ0) is 16.2. The van der Waals surface area contributed by atoms with E-state index in [0.717, 1.165) is 31.2 Å². The molecule has 0 aliphatic carbocycles. The normalized spacial score (nSPS) is 23.6. The molecule has 0 bridgehead atoms. The van der Waals surface area contributed by atoms with Crippen molar-refractivity contribution >= 4 is 34.3 Å². The van der Waals surface area contributed by atoms with Gasteiger partial charge in [-0.25, -0.2) is 4.39 Å². The Balaban J connectivity index is 1.55. The average molecular weight is 339 g/mol. The molecule has 1 aromatic carbocycles. The number of ether oxygens (including phenoxy) is 1. The van der Waals surface area contributed by atoms with Crippen molar-refractivity contribution < 1.29 is 18.7 Å². The number of halogens is 1. The van der Waals surface area contributed by atoms with Gasteiger partial charge in [0.2, 0.25) is 5.91 Å². The zero-order valence-electron chi connectivity index (χ0n) is 12.4. The van der Waals surface area contributed by atoms with Crippen molar-refractivity contribution in [2.45, 2.75) is 25.0 Å². The van der Waals surface area contributed by atoms with Gasteiger partial charge in [-0.05, 0) is 31.0 Å². The van der Waals surface area contributed by atoms with Crippen molar-refractivity contribution in [1.29, 1.82) is 0 Å². The summed E-state index contributed by atoms with van der Waals surface area (Å²) in [4.78, 5) is 23.0. The molecule has 3 rings (SSSR count). The maximum Gasteiger partial charge on any atom is 0.279 e. The lowest BCUT2D eigenvalue weighted by atomic mass is 10.2. The third-order valence-corrected chi connectivity index (χ3v) is 4.65. The minimum atomic E-state index is -0.576. The van der Waals surface area contributed by atoms with Crippen LogP contribution >= 0.6 is 11.8 Å². The summed E-state index contributed by atoms with van der Waals surface area (Å²) < 4.78 is 19.6. The highest BCUT2D eigenvalue weighted by molar-refractivity contribution is 8.14. The molecule has 0 spiro atoms. The number of amides is 2. The first-order valence-corrected chi connectivity index (χ1v) is 8.49. The summed E-state index contributed by atoms with van der Waals surface area (Å²) in [6.07, 6.45) is 2.14. The van der Waals surface area contributed by atoms with Crippen LogP contribution in [-0.4, -0.2) is 42.2 Å². The quantitative estimate of drug-likeness (QED) is 0.766. The fourth-order valence-electron chi connectivity index (χ4n) is 2.52. The van der Waals surface area contributed by atoms with Crippen LogP contribution in [0.3, 0.4) is 0 Å². The SMILES string of the molecule is O=C1N[C@H](C(=O)Nc2ccc(NC[C@H]3CCCO3)c(F)c2)CS1. The van der Waals surface area contributed by atoms with Gasteiger partial charge in [0, 0.05) is 24.6 Å². The van der Waals surface area contributed by atoms with E-state index in [0.29, 0.717) is 23.7 Å². The lowest BCUT2D eigenvalue weighted by molar-refractivity contribution is -0.117. The van der Waals surface area contributed by atoms with Gasteiger partial charge in [0.1, 0.15) is 11.9 Å². The average Bonchev–Trinajstić information content (AvgIpc) is 3.18. The molecule has 2 heterocycles. The first kappa shape index (κ1) is 16.1. The van der Waals surface area contributed by atoms with E-state index in [4.69, 9.17) is 4.74 Å². The summed E-state index contributed by atoms with van der Waals surface area (Å²) in [6.45, 7) is 1.32. The van der Waals surface area contributed by atoms with Crippen LogP contribution in [0, 0.1) is 5.82 Å². The minimum absolute atomic E-state index is 0.122. The molecule has 124 valence electrons. The maximum atomic E-state index is 14.1. The van der Waals surface area contributed by atoms with E-state index in [-0.39, 0.29) is 17.3 Å². The molecule has 2 atom stereocenters. The van der Waals surface area contributed by atoms with Gasteiger partial charge in [-0.1, -0.05) is 11.8 Å². The molecule has 3 N–H and O–H groups in total. The van der Waals surface area contributed by atoms with Crippen molar-refractivity contribution in [2.24, 2.45) is 0 Å². The van der Waals surface area contributed by atoms with E-state index in [1.54, 1.807) is 12.1 Å². The lowest BCUT2D eigenvalue weighted by Gasteiger charge is -2.14. The fourth-order valence-corrected chi connectivity index (χ4v) is 3.30. The van der Waals surface area contributed by atoms with Crippen molar-refractivity contribution in [3.05, 3.63) is 24.0 Å². The van der Waals surface area contributed by atoms with E-state index in [2.05, 4.69) is 16.0 Å². The number of thioether (sulfide) groups is 1. The Morgan fingerprint density at radius 2 is 2.35 bits per heavy atom.